The first-order valence-electron chi connectivity index (χ1n) is 14.2. The fourth-order valence-corrected chi connectivity index (χ4v) is 7.21. The Hall–Kier alpha value is -5.33. The predicted octanol–water partition coefficient (Wildman–Crippen LogP) is 7.34. The molecule has 6 aromatic rings. The second-order valence-corrected chi connectivity index (χ2v) is 12.5. The molecule has 0 saturated carbocycles. The Morgan fingerprint density at radius 2 is 1.72 bits per heavy atom. The molecule has 46 heavy (non-hydrogen) atoms. The van der Waals surface area contributed by atoms with Gasteiger partial charge in [-0.25, -0.2) is 9.37 Å². The highest BCUT2D eigenvalue weighted by Crippen LogP contribution is 2.45. The molecule has 1 amide bonds. The minimum atomic E-state index is -1.06. The molecule has 0 radical (unpaired) electrons. The van der Waals surface area contributed by atoms with E-state index < -0.39 is 17.7 Å². The molecule has 1 atom stereocenters. The van der Waals surface area contributed by atoms with E-state index in [1.807, 2.05) is 36.4 Å². The van der Waals surface area contributed by atoms with Gasteiger partial charge in [0, 0.05) is 11.9 Å². The summed E-state index contributed by atoms with van der Waals surface area (Å²) < 4.78 is 22.4. The molecular formula is C34H24FN5O4S2. The van der Waals surface area contributed by atoms with Gasteiger partial charge in [-0.15, -0.1) is 10.2 Å². The van der Waals surface area contributed by atoms with Crippen LogP contribution in [0, 0.1) is 12.7 Å². The molecule has 0 bridgehead atoms. The molecule has 3 aromatic carbocycles. The Kier molecular flexibility index (Phi) is 7.81. The lowest BCUT2D eigenvalue weighted by atomic mass is 9.96. The van der Waals surface area contributed by atoms with Crippen LogP contribution in [0.25, 0.3) is 11.4 Å². The molecule has 4 heterocycles. The van der Waals surface area contributed by atoms with E-state index in [1.54, 1.807) is 72.1 Å². The topological polar surface area (TPSA) is 110 Å². The number of aryl methyl sites for hydroxylation is 1. The smallest absolute Gasteiger partial charge is 0.301 e. The van der Waals surface area contributed by atoms with Crippen LogP contribution in [0.3, 0.4) is 0 Å². The van der Waals surface area contributed by atoms with Crippen molar-refractivity contribution < 1.29 is 23.8 Å². The van der Waals surface area contributed by atoms with E-state index in [0.29, 0.717) is 49.8 Å². The monoisotopic (exact) mass is 649 g/mol. The van der Waals surface area contributed by atoms with E-state index in [2.05, 4.69) is 15.2 Å². The van der Waals surface area contributed by atoms with Crippen molar-refractivity contribution in [1.82, 2.24) is 19.6 Å². The van der Waals surface area contributed by atoms with Crippen LogP contribution in [0.2, 0.25) is 0 Å². The fraction of sp³-hybridized carbons (Fsp3) is 0.0882. The van der Waals surface area contributed by atoms with Gasteiger partial charge in [0.15, 0.2) is 10.1 Å². The van der Waals surface area contributed by atoms with Gasteiger partial charge in [-0.05, 0) is 60.5 Å². The third-order valence-electron chi connectivity index (χ3n) is 7.44. The number of carbonyl (C=O) groups excluding carboxylic acids is 2. The first-order chi connectivity index (χ1) is 22.4. The number of fused-ring (bicyclic) bond motifs is 1. The predicted molar refractivity (Wildman–Crippen MR) is 174 cm³/mol. The molecule has 9 nitrogen and oxygen atoms in total. The van der Waals surface area contributed by atoms with Gasteiger partial charge in [0.1, 0.15) is 28.7 Å². The number of aromatic nitrogens is 4. The van der Waals surface area contributed by atoms with Crippen molar-refractivity contribution in [1.29, 1.82) is 0 Å². The number of rotatable bonds is 8. The summed E-state index contributed by atoms with van der Waals surface area (Å²) in [4.78, 5) is 33.4. The number of imidazole rings is 1. The zero-order chi connectivity index (χ0) is 31.8. The van der Waals surface area contributed by atoms with Gasteiger partial charge in [-0.2, -0.15) is 0 Å². The molecule has 12 heteroatoms. The van der Waals surface area contributed by atoms with Crippen LogP contribution < -0.4 is 9.64 Å². The second kappa shape index (κ2) is 12.2. The highest BCUT2D eigenvalue weighted by atomic mass is 32.2. The number of hydrogen-bond acceptors (Lipinski definition) is 9. The van der Waals surface area contributed by atoms with E-state index in [1.165, 1.54) is 22.7 Å². The Bertz CT molecular complexity index is 2150. The van der Waals surface area contributed by atoms with E-state index in [9.17, 15) is 19.1 Å². The lowest BCUT2D eigenvalue weighted by molar-refractivity contribution is -0.132. The number of para-hydroxylation sites is 1. The minimum Gasteiger partial charge on any atom is -0.505 e. The molecule has 0 spiro atoms. The number of aliphatic hydroxyl groups is 1. The normalized spacial score (nSPS) is 16.0. The molecule has 1 fully saturated rings. The number of ketones is 1. The number of halogens is 1. The largest absolute Gasteiger partial charge is 0.505 e. The van der Waals surface area contributed by atoms with Gasteiger partial charge in [0.05, 0.1) is 17.3 Å². The number of hydrogen-bond donors (Lipinski definition) is 1. The Labute approximate surface area is 270 Å². The van der Waals surface area contributed by atoms with Crippen molar-refractivity contribution in [2.45, 2.75) is 23.1 Å². The summed E-state index contributed by atoms with van der Waals surface area (Å²) in [6.45, 7) is 1.73. The van der Waals surface area contributed by atoms with Crippen molar-refractivity contribution in [3.8, 4) is 11.5 Å². The summed E-state index contributed by atoms with van der Waals surface area (Å²) in [5.74, 6) is -1.06. The van der Waals surface area contributed by atoms with Crippen LogP contribution in [0.1, 0.15) is 28.6 Å². The van der Waals surface area contributed by atoms with Crippen LogP contribution in [0.15, 0.2) is 113 Å². The molecule has 7 rings (SSSR count). The molecule has 1 N–H and O–H groups in total. The van der Waals surface area contributed by atoms with E-state index >= 15 is 0 Å². The number of pyridine rings is 1. The summed E-state index contributed by atoms with van der Waals surface area (Å²) in [5.41, 5.74) is 2.25. The lowest BCUT2D eigenvalue weighted by Crippen LogP contribution is -2.29. The summed E-state index contributed by atoms with van der Waals surface area (Å²) in [5, 5.41) is 20.5. The number of ether oxygens (including phenoxy) is 1. The molecule has 3 aromatic heterocycles. The number of thioether (sulfide) groups is 1. The summed E-state index contributed by atoms with van der Waals surface area (Å²) in [6.07, 6.45) is 1.73. The van der Waals surface area contributed by atoms with Gasteiger partial charge in [0.25, 0.3) is 5.78 Å². The maximum atomic E-state index is 14.2. The van der Waals surface area contributed by atoms with Crippen molar-refractivity contribution in [2.24, 2.45) is 0 Å². The Morgan fingerprint density at radius 1 is 0.957 bits per heavy atom. The molecule has 0 aliphatic carbocycles. The SMILES string of the molecule is Cc1nc2ccccn2c1/C(O)=C1\C(=O)C(=O)N(c2nnc(SCc3ccccc3F)s2)C1c1cccc(Oc2ccccc2)c1. The Balaban J connectivity index is 1.33. The van der Waals surface area contributed by atoms with E-state index in [4.69, 9.17) is 4.74 Å². The standard InChI is InChI=1S/C34H24FN5O4S2/c1-20-28(39-17-8-7-16-26(39)36-20)30(41)27-29(21-11-9-14-24(18-21)44-23-12-3-2-4-13-23)40(32(43)31(27)42)33-37-38-34(46-33)45-19-22-10-5-6-15-25(22)35/h2-18,29,41H,19H2,1H3/b30-27+. The third kappa shape index (κ3) is 5.41. The zero-order valence-electron chi connectivity index (χ0n) is 24.2. The number of amides is 1. The number of aliphatic hydroxyl groups excluding tert-OH is 1. The minimum absolute atomic E-state index is 0.119. The number of anilines is 1. The van der Waals surface area contributed by atoms with Crippen LogP contribution in [-0.4, -0.2) is 36.4 Å². The third-order valence-corrected chi connectivity index (χ3v) is 9.54. The summed E-state index contributed by atoms with van der Waals surface area (Å²) >= 11 is 2.37. The van der Waals surface area contributed by atoms with Gasteiger partial charge >= 0.3 is 5.91 Å². The highest BCUT2D eigenvalue weighted by molar-refractivity contribution is 8.00. The summed E-state index contributed by atoms with van der Waals surface area (Å²) in [7, 11) is 0. The van der Waals surface area contributed by atoms with Crippen LogP contribution in [0.5, 0.6) is 11.5 Å². The average molecular weight is 650 g/mol. The molecule has 1 aliphatic heterocycles. The number of benzene rings is 3. The lowest BCUT2D eigenvalue weighted by Gasteiger charge is -2.23. The van der Waals surface area contributed by atoms with Crippen LogP contribution in [-0.2, 0) is 15.3 Å². The first-order valence-corrected chi connectivity index (χ1v) is 16.0. The van der Waals surface area contributed by atoms with Gasteiger partial charge < -0.3 is 9.84 Å². The van der Waals surface area contributed by atoms with Crippen molar-refractivity contribution in [3.63, 3.8) is 0 Å². The van der Waals surface area contributed by atoms with Crippen LogP contribution >= 0.6 is 23.1 Å². The Morgan fingerprint density at radius 3 is 2.54 bits per heavy atom. The maximum absolute atomic E-state index is 14.2. The molecule has 1 aliphatic rings. The first kappa shape index (κ1) is 29.4. The second-order valence-electron chi connectivity index (χ2n) is 10.4. The molecule has 1 saturated heterocycles. The van der Waals surface area contributed by atoms with Crippen molar-refractivity contribution >= 4 is 51.3 Å². The summed E-state index contributed by atoms with van der Waals surface area (Å²) in [6, 6.07) is 27.0. The van der Waals surface area contributed by atoms with Crippen LogP contribution in [0.4, 0.5) is 9.52 Å². The average Bonchev–Trinajstić information content (AvgIpc) is 3.74. The number of Topliss-reactive ketones (excluding diaryl/α,β-unsaturated/α-hetero) is 1. The molecule has 228 valence electrons. The molecule has 1 unspecified atom stereocenters. The van der Waals surface area contributed by atoms with Crippen molar-refractivity contribution in [3.05, 3.63) is 137 Å². The van der Waals surface area contributed by atoms with Gasteiger partial charge in [-0.1, -0.05) is 77.7 Å². The molecular weight excluding hydrogens is 626 g/mol. The van der Waals surface area contributed by atoms with Crippen molar-refractivity contribution in [2.75, 3.05) is 4.90 Å². The van der Waals surface area contributed by atoms with Gasteiger partial charge in [0.2, 0.25) is 5.13 Å². The van der Waals surface area contributed by atoms with E-state index in [0.717, 1.165) is 11.3 Å². The maximum Gasteiger partial charge on any atom is 0.301 e. The quantitative estimate of drug-likeness (QED) is 0.0600. The fourth-order valence-electron chi connectivity index (χ4n) is 5.36. The number of carbonyl (C=O) groups is 2. The van der Waals surface area contributed by atoms with Gasteiger partial charge in [-0.3, -0.25) is 18.9 Å². The van der Waals surface area contributed by atoms with E-state index in [-0.39, 0.29) is 22.3 Å². The zero-order valence-corrected chi connectivity index (χ0v) is 25.8. The number of nitrogens with zero attached hydrogens (tertiary/aromatic N) is 5. The highest BCUT2D eigenvalue weighted by Gasteiger charge is 2.49.